The van der Waals surface area contributed by atoms with Crippen LogP contribution in [0.3, 0.4) is 0 Å². The lowest BCUT2D eigenvalue weighted by molar-refractivity contribution is -0.386. The molecule has 21 heavy (non-hydrogen) atoms. The molecule has 0 aliphatic heterocycles. The first-order valence-electron chi connectivity index (χ1n) is 7.11. The van der Waals surface area contributed by atoms with Crippen molar-refractivity contribution in [3.8, 4) is 11.5 Å². The summed E-state index contributed by atoms with van der Waals surface area (Å²) >= 11 is 3.58. The molecule has 0 unspecified atom stereocenters. The third-order valence-electron chi connectivity index (χ3n) is 4.09. The molecule has 1 fully saturated rings. The van der Waals surface area contributed by atoms with Gasteiger partial charge in [-0.05, 0) is 25.0 Å². The number of halogens is 1. The van der Waals surface area contributed by atoms with Crippen molar-refractivity contribution in [1.82, 2.24) is 0 Å². The van der Waals surface area contributed by atoms with E-state index in [4.69, 9.17) is 9.47 Å². The predicted octanol–water partition coefficient (Wildman–Crippen LogP) is 4.33. The Balaban J connectivity index is 2.13. The van der Waals surface area contributed by atoms with Gasteiger partial charge in [-0.2, -0.15) is 0 Å². The lowest BCUT2D eigenvalue weighted by Crippen LogP contribution is -2.32. The van der Waals surface area contributed by atoms with Crippen LogP contribution in [-0.2, 0) is 0 Å². The maximum atomic E-state index is 11.2. The smallest absolute Gasteiger partial charge is 0.314 e. The SMILES string of the molecule is COc1ccc(OCC2(CBr)CCCCC2)c([N+](=O)[O-])c1. The highest BCUT2D eigenvalue weighted by Crippen LogP contribution is 2.39. The fourth-order valence-electron chi connectivity index (χ4n) is 2.74. The van der Waals surface area contributed by atoms with E-state index in [1.54, 1.807) is 12.1 Å². The molecular formula is C15H20BrNO4. The van der Waals surface area contributed by atoms with Gasteiger partial charge in [-0.3, -0.25) is 10.1 Å². The molecule has 5 nitrogen and oxygen atoms in total. The number of alkyl halides is 1. The maximum Gasteiger partial charge on any atom is 0.314 e. The zero-order chi connectivity index (χ0) is 15.3. The van der Waals surface area contributed by atoms with Gasteiger partial charge < -0.3 is 9.47 Å². The van der Waals surface area contributed by atoms with E-state index in [-0.39, 0.29) is 11.1 Å². The molecule has 6 heteroatoms. The van der Waals surface area contributed by atoms with Crippen molar-refractivity contribution in [2.45, 2.75) is 32.1 Å². The molecule has 0 heterocycles. The highest BCUT2D eigenvalue weighted by atomic mass is 79.9. The van der Waals surface area contributed by atoms with Gasteiger partial charge in [0.05, 0.1) is 24.7 Å². The average molecular weight is 358 g/mol. The van der Waals surface area contributed by atoms with E-state index in [9.17, 15) is 10.1 Å². The summed E-state index contributed by atoms with van der Waals surface area (Å²) < 4.78 is 10.8. The van der Waals surface area contributed by atoms with Crippen molar-refractivity contribution in [2.75, 3.05) is 19.0 Å². The number of nitrogens with zero attached hydrogens (tertiary/aromatic N) is 1. The topological polar surface area (TPSA) is 61.6 Å². The van der Waals surface area contributed by atoms with Crippen LogP contribution in [-0.4, -0.2) is 24.0 Å². The molecule has 2 rings (SSSR count). The Hall–Kier alpha value is -1.30. The van der Waals surface area contributed by atoms with Gasteiger partial charge in [-0.25, -0.2) is 0 Å². The van der Waals surface area contributed by atoms with E-state index in [2.05, 4.69) is 15.9 Å². The molecule has 1 aliphatic rings. The summed E-state index contributed by atoms with van der Waals surface area (Å²) in [5.74, 6) is 0.772. The molecular weight excluding hydrogens is 338 g/mol. The van der Waals surface area contributed by atoms with Crippen LogP contribution in [0.15, 0.2) is 18.2 Å². The molecule has 0 aromatic heterocycles. The third-order valence-corrected chi connectivity index (χ3v) is 5.28. The van der Waals surface area contributed by atoms with Crippen LogP contribution in [0.1, 0.15) is 32.1 Å². The number of benzene rings is 1. The minimum atomic E-state index is -0.431. The molecule has 0 saturated heterocycles. The summed E-state index contributed by atoms with van der Waals surface area (Å²) in [6, 6.07) is 4.70. The van der Waals surface area contributed by atoms with E-state index in [1.165, 1.54) is 32.4 Å². The number of nitro benzene ring substituents is 1. The highest BCUT2D eigenvalue weighted by Gasteiger charge is 2.32. The zero-order valence-electron chi connectivity index (χ0n) is 12.1. The minimum absolute atomic E-state index is 0.0464. The molecule has 0 spiro atoms. The summed E-state index contributed by atoms with van der Waals surface area (Å²) in [4.78, 5) is 10.7. The van der Waals surface area contributed by atoms with Crippen LogP contribution in [0.5, 0.6) is 11.5 Å². The van der Waals surface area contributed by atoms with E-state index in [0.717, 1.165) is 18.2 Å². The van der Waals surface area contributed by atoms with Crippen molar-refractivity contribution in [3.63, 3.8) is 0 Å². The quantitative estimate of drug-likeness (QED) is 0.431. The Bertz CT molecular complexity index is 500. The Kier molecular flexibility index (Phi) is 5.45. The molecule has 1 aromatic carbocycles. The number of rotatable bonds is 6. The fraction of sp³-hybridized carbons (Fsp3) is 0.600. The number of methoxy groups -OCH3 is 1. The van der Waals surface area contributed by atoms with Crippen LogP contribution in [0.2, 0.25) is 0 Å². The molecule has 1 aromatic rings. The van der Waals surface area contributed by atoms with Crippen molar-refractivity contribution in [2.24, 2.45) is 5.41 Å². The second kappa shape index (κ2) is 7.11. The fourth-order valence-corrected chi connectivity index (χ4v) is 3.46. The van der Waals surface area contributed by atoms with E-state index in [1.807, 2.05) is 0 Å². The first kappa shape index (κ1) is 16.1. The molecule has 0 radical (unpaired) electrons. The molecule has 1 saturated carbocycles. The van der Waals surface area contributed by atoms with Gasteiger partial charge >= 0.3 is 5.69 Å². The Morgan fingerprint density at radius 1 is 1.33 bits per heavy atom. The first-order chi connectivity index (χ1) is 10.1. The van der Waals surface area contributed by atoms with Crippen molar-refractivity contribution >= 4 is 21.6 Å². The second-order valence-corrected chi connectivity index (χ2v) is 6.13. The highest BCUT2D eigenvalue weighted by molar-refractivity contribution is 9.09. The van der Waals surface area contributed by atoms with Crippen LogP contribution in [0.4, 0.5) is 5.69 Å². The van der Waals surface area contributed by atoms with Crippen LogP contribution >= 0.6 is 15.9 Å². The Labute approximate surface area is 132 Å². The number of nitro groups is 1. The van der Waals surface area contributed by atoms with E-state index >= 15 is 0 Å². The normalized spacial score (nSPS) is 17.2. The molecule has 0 N–H and O–H groups in total. The molecule has 0 bridgehead atoms. The van der Waals surface area contributed by atoms with Crippen LogP contribution in [0, 0.1) is 15.5 Å². The summed E-state index contributed by atoms with van der Waals surface area (Å²) in [6.45, 7) is 0.505. The number of hydrogen-bond donors (Lipinski definition) is 0. The Morgan fingerprint density at radius 3 is 2.62 bits per heavy atom. The van der Waals surface area contributed by atoms with Gasteiger partial charge in [0.2, 0.25) is 0 Å². The largest absolute Gasteiger partial charge is 0.496 e. The Morgan fingerprint density at radius 2 is 2.05 bits per heavy atom. The molecule has 116 valence electrons. The first-order valence-corrected chi connectivity index (χ1v) is 8.23. The summed E-state index contributed by atoms with van der Waals surface area (Å²) in [5.41, 5.74) is 0.0429. The van der Waals surface area contributed by atoms with Gasteiger partial charge in [0, 0.05) is 10.7 Å². The number of ether oxygens (including phenoxy) is 2. The maximum absolute atomic E-state index is 11.2. The van der Waals surface area contributed by atoms with Gasteiger partial charge in [-0.15, -0.1) is 0 Å². The monoisotopic (exact) mass is 357 g/mol. The summed E-state index contributed by atoms with van der Waals surface area (Å²) in [7, 11) is 1.49. The van der Waals surface area contributed by atoms with Gasteiger partial charge in [0.1, 0.15) is 5.75 Å². The lowest BCUT2D eigenvalue weighted by atomic mass is 9.76. The van der Waals surface area contributed by atoms with Crippen LogP contribution < -0.4 is 9.47 Å². The second-order valence-electron chi connectivity index (χ2n) is 5.57. The average Bonchev–Trinajstić information content (AvgIpc) is 2.53. The van der Waals surface area contributed by atoms with E-state index < -0.39 is 4.92 Å². The van der Waals surface area contributed by atoms with E-state index in [0.29, 0.717) is 18.1 Å². The van der Waals surface area contributed by atoms with Crippen molar-refractivity contribution in [3.05, 3.63) is 28.3 Å². The van der Waals surface area contributed by atoms with Crippen molar-refractivity contribution in [1.29, 1.82) is 0 Å². The molecule has 0 atom stereocenters. The summed E-state index contributed by atoms with van der Waals surface area (Å²) in [5, 5.41) is 12.0. The summed E-state index contributed by atoms with van der Waals surface area (Å²) in [6.07, 6.45) is 5.85. The van der Waals surface area contributed by atoms with Gasteiger partial charge in [0.15, 0.2) is 5.75 Å². The standard InChI is InChI=1S/C15H20BrNO4/c1-20-12-5-6-14(13(9-12)17(18)19)21-11-15(10-16)7-3-2-4-8-15/h5-6,9H,2-4,7-8,10-11H2,1H3. The van der Waals surface area contributed by atoms with Gasteiger partial charge in [-0.1, -0.05) is 35.2 Å². The molecule has 0 amide bonds. The number of hydrogen-bond acceptors (Lipinski definition) is 4. The zero-order valence-corrected chi connectivity index (χ0v) is 13.7. The van der Waals surface area contributed by atoms with Crippen LogP contribution in [0.25, 0.3) is 0 Å². The third kappa shape index (κ3) is 3.87. The minimum Gasteiger partial charge on any atom is -0.496 e. The van der Waals surface area contributed by atoms with Crippen molar-refractivity contribution < 1.29 is 14.4 Å². The van der Waals surface area contributed by atoms with Gasteiger partial charge in [0.25, 0.3) is 0 Å². The predicted molar refractivity (Wildman–Crippen MR) is 84.5 cm³/mol. The lowest BCUT2D eigenvalue weighted by Gasteiger charge is -2.35. The molecule has 1 aliphatic carbocycles.